The van der Waals surface area contributed by atoms with Crippen LogP contribution in [0.3, 0.4) is 0 Å². The first kappa shape index (κ1) is 7.55. The highest BCUT2D eigenvalue weighted by Gasteiger charge is 2.00. The fraction of sp³-hybridized carbons (Fsp3) is 0. The van der Waals surface area contributed by atoms with Gasteiger partial charge in [-0.2, -0.15) is 0 Å². The van der Waals surface area contributed by atoms with Gasteiger partial charge in [-0.05, 0) is 22.0 Å². The zero-order chi connectivity index (χ0) is 8.55. The number of aromatic nitrogens is 1. The maximum absolute atomic E-state index is 10.4. The number of fused-ring (bicyclic) bond motifs is 1. The largest absolute Gasteiger partial charge is 0.360 e. The van der Waals surface area contributed by atoms with Crippen LogP contribution >= 0.6 is 15.9 Å². The van der Waals surface area contributed by atoms with E-state index in [1.165, 1.54) is 0 Å². The molecule has 0 saturated carbocycles. The van der Waals surface area contributed by atoms with E-state index in [9.17, 15) is 4.79 Å². The minimum Gasteiger partial charge on any atom is -0.360 e. The van der Waals surface area contributed by atoms with Gasteiger partial charge in [-0.3, -0.25) is 4.79 Å². The van der Waals surface area contributed by atoms with Crippen molar-refractivity contribution >= 4 is 33.1 Å². The van der Waals surface area contributed by atoms with Crippen molar-refractivity contribution in [2.75, 3.05) is 0 Å². The van der Waals surface area contributed by atoms with Crippen LogP contribution in [0.15, 0.2) is 28.9 Å². The van der Waals surface area contributed by atoms with E-state index in [0.717, 1.165) is 21.7 Å². The quantitative estimate of drug-likeness (QED) is 0.742. The molecule has 0 aliphatic carbocycles. The van der Waals surface area contributed by atoms with E-state index in [1.807, 2.05) is 18.3 Å². The van der Waals surface area contributed by atoms with Gasteiger partial charge in [0.15, 0.2) is 0 Å². The first-order valence-corrected chi connectivity index (χ1v) is 4.32. The Morgan fingerprint density at radius 1 is 1.42 bits per heavy atom. The number of halogens is 1. The summed E-state index contributed by atoms with van der Waals surface area (Å²) in [7, 11) is 0. The van der Waals surface area contributed by atoms with Crippen LogP contribution in [0, 0.1) is 0 Å². The lowest BCUT2D eigenvalue weighted by molar-refractivity contribution is 0.112. The third-order valence-corrected chi connectivity index (χ3v) is 2.45. The van der Waals surface area contributed by atoms with E-state index in [1.54, 1.807) is 6.07 Å². The number of nitrogens with one attached hydrogen (secondary N) is 1. The van der Waals surface area contributed by atoms with Crippen LogP contribution in [0.1, 0.15) is 10.4 Å². The van der Waals surface area contributed by atoms with E-state index in [-0.39, 0.29) is 0 Å². The highest BCUT2D eigenvalue weighted by atomic mass is 79.9. The van der Waals surface area contributed by atoms with Crippen LogP contribution in [0.4, 0.5) is 0 Å². The first-order valence-electron chi connectivity index (χ1n) is 3.53. The number of rotatable bonds is 1. The fourth-order valence-corrected chi connectivity index (χ4v) is 1.64. The predicted octanol–water partition coefficient (Wildman–Crippen LogP) is 2.74. The van der Waals surface area contributed by atoms with Gasteiger partial charge in [-0.25, -0.2) is 0 Å². The molecule has 0 atom stereocenters. The predicted molar refractivity (Wildman–Crippen MR) is 51.4 cm³/mol. The molecular formula is C9H6BrNO. The molecule has 2 aromatic rings. The summed E-state index contributed by atoms with van der Waals surface area (Å²) in [4.78, 5) is 13.5. The molecule has 3 heteroatoms. The van der Waals surface area contributed by atoms with Crippen molar-refractivity contribution in [3.05, 3.63) is 34.4 Å². The highest BCUT2D eigenvalue weighted by molar-refractivity contribution is 9.10. The number of carbonyl (C=O) groups is 1. The van der Waals surface area contributed by atoms with Crippen molar-refractivity contribution in [1.29, 1.82) is 0 Å². The van der Waals surface area contributed by atoms with Gasteiger partial charge in [0.1, 0.15) is 6.29 Å². The second-order valence-electron chi connectivity index (χ2n) is 2.56. The average Bonchev–Trinajstić information content (AvgIpc) is 2.47. The van der Waals surface area contributed by atoms with Crippen LogP contribution in [-0.2, 0) is 0 Å². The molecule has 1 aromatic carbocycles. The lowest BCUT2D eigenvalue weighted by atomic mass is 10.2. The van der Waals surface area contributed by atoms with E-state index in [0.29, 0.717) is 5.56 Å². The zero-order valence-corrected chi connectivity index (χ0v) is 7.76. The maximum Gasteiger partial charge on any atom is 0.150 e. The summed E-state index contributed by atoms with van der Waals surface area (Å²) in [6.07, 6.45) is 2.70. The monoisotopic (exact) mass is 223 g/mol. The van der Waals surface area contributed by atoms with Crippen LogP contribution < -0.4 is 0 Å². The van der Waals surface area contributed by atoms with Crippen LogP contribution in [-0.4, -0.2) is 11.3 Å². The summed E-state index contributed by atoms with van der Waals surface area (Å²) in [6, 6.07) is 5.54. The van der Waals surface area contributed by atoms with Crippen LogP contribution in [0.5, 0.6) is 0 Å². The number of aromatic amines is 1. The van der Waals surface area contributed by atoms with E-state index >= 15 is 0 Å². The van der Waals surface area contributed by atoms with Gasteiger partial charge in [0.2, 0.25) is 0 Å². The van der Waals surface area contributed by atoms with Crippen molar-refractivity contribution in [1.82, 2.24) is 4.98 Å². The zero-order valence-electron chi connectivity index (χ0n) is 6.17. The Labute approximate surface area is 77.7 Å². The second kappa shape index (κ2) is 2.75. The van der Waals surface area contributed by atoms with Crippen molar-refractivity contribution in [3.63, 3.8) is 0 Å². The molecule has 1 aromatic heterocycles. The molecule has 1 N–H and O–H groups in total. The second-order valence-corrected chi connectivity index (χ2v) is 3.41. The first-order chi connectivity index (χ1) is 5.81. The van der Waals surface area contributed by atoms with Crippen LogP contribution in [0.25, 0.3) is 10.9 Å². The fourth-order valence-electron chi connectivity index (χ4n) is 1.18. The Morgan fingerprint density at radius 2 is 2.25 bits per heavy atom. The Kier molecular flexibility index (Phi) is 1.73. The molecule has 0 aliphatic heterocycles. The standard InChI is InChI=1S/C9H6BrNO/c10-8-4-11-9-3-6(5-12)1-2-7(8)9/h1-5,11H. The van der Waals surface area contributed by atoms with E-state index < -0.39 is 0 Å². The number of aldehydes is 1. The van der Waals surface area contributed by atoms with Gasteiger partial charge in [-0.15, -0.1) is 0 Å². The molecule has 0 saturated heterocycles. The minimum atomic E-state index is 0.692. The molecule has 0 bridgehead atoms. The van der Waals surface area contributed by atoms with Crippen molar-refractivity contribution in [2.24, 2.45) is 0 Å². The van der Waals surface area contributed by atoms with E-state index in [2.05, 4.69) is 20.9 Å². The summed E-state index contributed by atoms with van der Waals surface area (Å²) < 4.78 is 1.02. The van der Waals surface area contributed by atoms with Crippen LogP contribution in [0.2, 0.25) is 0 Å². The van der Waals surface area contributed by atoms with Crippen molar-refractivity contribution < 1.29 is 4.79 Å². The molecule has 0 radical (unpaired) electrons. The highest BCUT2D eigenvalue weighted by Crippen LogP contribution is 2.23. The number of H-pyrrole nitrogens is 1. The molecule has 12 heavy (non-hydrogen) atoms. The molecule has 2 rings (SSSR count). The molecule has 0 fully saturated rings. The number of carbonyl (C=O) groups excluding carboxylic acids is 1. The van der Waals surface area contributed by atoms with Crippen molar-refractivity contribution in [3.8, 4) is 0 Å². The number of hydrogen-bond donors (Lipinski definition) is 1. The molecule has 0 unspecified atom stereocenters. The van der Waals surface area contributed by atoms with Gasteiger partial charge in [0, 0.05) is 27.1 Å². The Bertz CT molecular complexity index is 433. The lowest BCUT2D eigenvalue weighted by Crippen LogP contribution is -1.77. The molecule has 1 heterocycles. The summed E-state index contributed by atoms with van der Waals surface area (Å²) >= 11 is 3.39. The lowest BCUT2D eigenvalue weighted by Gasteiger charge is -1.91. The molecule has 0 spiro atoms. The summed E-state index contributed by atoms with van der Waals surface area (Å²) in [5, 5.41) is 1.10. The van der Waals surface area contributed by atoms with E-state index in [4.69, 9.17) is 0 Å². The minimum absolute atomic E-state index is 0.692. The molecule has 0 amide bonds. The summed E-state index contributed by atoms with van der Waals surface area (Å²) in [5.74, 6) is 0. The van der Waals surface area contributed by atoms with Gasteiger partial charge in [0.25, 0.3) is 0 Å². The normalized spacial score (nSPS) is 10.4. The third-order valence-electron chi connectivity index (χ3n) is 1.79. The Morgan fingerprint density at radius 3 is 3.00 bits per heavy atom. The van der Waals surface area contributed by atoms with Crippen molar-refractivity contribution in [2.45, 2.75) is 0 Å². The van der Waals surface area contributed by atoms with Gasteiger partial charge in [0.05, 0.1) is 0 Å². The Balaban J connectivity index is 2.77. The van der Waals surface area contributed by atoms with Gasteiger partial charge < -0.3 is 4.98 Å². The average molecular weight is 224 g/mol. The third kappa shape index (κ3) is 1.06. The smallest absolute Gasteiger partial charge is 0.150 e. The number of hydrogen-bond acceptors (Lipinski definition) is 1. The van der Waals surface area contributed by atoms with Gasteiger partial charge >= 0.3 is 0 Å². The van der Waals surface area contributed by atoms with Gasteiger partial charge in [-0.1, -0.05) is 12.1 Å². The molecular weight excluding hydrogens is 218 g/mol. The maximum atomic E-state index is 10.4. The Hall–Kier alpha value is -1.09. The molecule has 60 valence electrons. The summed E-state index contributed by atoms with van der Waals surface area (Å²) in [5.41, 5.74) is 1.67. The topological polar surface area (TPSA) is 32.9 Å². The molecule has 2 nitrogen and oxygen atoms in total. The summed E-state index contributed by atoms with van der Waals surface area (Å²) in [6.45, 7) is 0. The SMILES string of the molecule is O=Cc1ccc2c(Br)c[nH]c2c1. The molecule has 0 aliphatic rings. The number of benzene rings is 1.